The van der Waals surface area contributed by atoms with Crippen LogP contribution in [0.2, 0.25) is 0 Å². The maximum Gasteiger partial charge on any atom is -0.0154 e. The topological polar surface area (TPSA) is 0 Å². The predicted molar refractivity (Wildman–Crippen MR) is 87.6 cm³/mol. The van der Waals surface area contributed by atoms with E-state index < -0.39 is 7.92 Å². The van der Waals surface area contributed by atoms with Crippen molar-refractivity contribution in [3.8, 4) is 0 Å². The third-order valence-electron chi connectivity index (χ3n) is 2.99. The summed E-state index contributed by atoms with van der Waals surface area (Å²) in [5.74, 6) is 0. The fourth-order valence-corrected chi connectivity index (χ4v) is 4.59. The highest BCUT2D eigenvalue weighted by Gasteiger charge is 2.16. The van der Waals surface area contributed by atoms with Crippen LogP contribution in [0.4, 0.5) is 0 Å². The molecule has 0 unspecified atom stereocenters. The average Bonchev–Trinajstić information content (AvgIpc) is 2.49. The first kappa shape index (κ1) is 13.8. The SMILES string of the molecule is C=CC=C(CC)P(c1ccccc1)c1ccccc1. The van der Waals surface area contributed by atoms with E-state index in [1.807, 2.05) is 6.08 Å². The second-order valence-corrected chi connectivity index (χ2v) is 6.53. The molecule has 0 aliphatic rings. The molecule has 0 aromatic heterocycles. The lowest BCUT2D eigenvalue weighted by Gasteiger charge is -2.21. The van der Waals surface area contributed by atoms with Crippen molar-refractivity contribution in [2.24, 2.45) is 0 Å². The van der Waals surface area contributed by atoms with Crippen LogP contribution in [0.5, 0.6) is 0 Å². The summed E-state index contributed by atoms with van der Waals surface area (Å²) in [6, 6.07) is 21.5. The van der Waals surface area contributed by atoms with Gasteiger partial charge in [0.15, 0.2) is 0 Å². The van der Waals surface area contributed by atoms with Gasteiger partial charge in [0.1, 0.15) is 0 Å². The molecule has 0 fully saturated rings. The van der Waals surface area contributed by atoms with E-state index in [-0.39, 0.29) is 0 Å². The second-order valence-electron chi connectivity index (χ2n) is 4.25. The van der Waals surface area contributed by atoms with Gasteiger partial charge in [-0.1, -0.05) is 86.3 Å². The van der Waals surface area contributed by atoms with Gasteiger partial charge in [0, 0.05) is 0 Å². The summed E-state index contributed by atoms with van der Waals surface area (Å²) in [7, 11) is -0.430. The van der Waals surface area contributed by atoms with E-state index in [9.17, 15) is 0 Å². The van der Waals surface area contributed by atoms with Crippen LogP contribution in [0, 0.1) is 0 Å². The number of rotatable bonds is 5. The minimum Gasteiger partial charge on any atom is -0.0991 e. The summed E-state index contributed by atoms with van der Waals surface area (Å²) in [4.78, 5) is 0. The predicted octanol–water partition coefficient (Wildman–Crippen LogP) is 4.60. The van der Waals surface area contributed by atoms with Crippen LogP contribution in [0.25, 0.3) is 0 Å². The Hall–Kier alpha value is -1.65. The molecular weight excluding hydrogens is 247 g/mol. The summed E-state index contributed by atoms with van der Waals surface area (Å²) in [6.45, 7) is 6.07. The maximum atomic E-state index is 3.85. The average molecular weight is 266 g/mol. The molecule has 2 rings (SSSR count). The van der Waals surface area contributed by atoms with Crippen molar-refractivity contribution >= 4 is 18.5 Å². The van der Waals surface area contributed by atoms with Gasteiger partial charge in [-0.05, 0) is 30.3 Å². The summed E-state index contributed by atoms with van der Waals surface area (Å²) >= 11 is 0. The van der Waals surface area contributed by atoms with E-state index in [4.69, 9.17) is 0 Å². The van der Waals surface area contributed by atoms with Crippen LogP contribution < -0.4 is 10.6 Å². The Morgan fingerprint density at radius 1 is 0.947 bits per heavy atom. The number of benzene rings is 2. The molecule has 0 radical (unpaired) electrons. The van der Waals surface area contributed by atoms with Crippen molar-refractivity contribution in [3.63, 3.8) is 0 Å². The molecule has 0 N–H and O–H groups in total. The normalized spacial score (nSPS) is 11.6. The van der Waals surface area contributed by atoms with Gasteiger partial charge in [0.2, 0.25) is 0 Å². The summed E-state index contributed by atoms with van der Waals surface area (Å²) in [5, 5.41) is 4.26. The lowest BCUT2D eigenvalue weighted by atomic mass is 10.4. The van der Waals surface area contributed by atoms with Crippen LogP contribution >= 0.6 is 7.92 Å². The zero-order valence-electron chi connectivity index (χ0n) is 11.3. The highest BCUT2D eigenvalue weighted by Crippen LogP contribution is 2.44. The Balaban J connectivity index is 2.51. The first-order valence-corrected chi connectivity index (χ1v) is 7.92. The van der Waals surface area contributed by atoms with E-state index in [1.54, 1.807) is 0 Å². The van der Waals surface area contributed by atoms with Gasteiger partial charge in [-0.3, -0.25) is 0 Å². The number of hydrogen-bond donors (Lipinski definition) is 0. The molecular formula is C18H19P. The van der Waals surface area contributed by atoms with Crippen molar-refractivity contribution in [2.75, 3.05) is 0 Å². The fourth-order valence-electron chi connectivity index (χ4n) is 2.12. The third kappa shape index (κ3) is 3.43. The molecule has 2 aromatic rings. The van der Waals surface area contributed by atoms with E-state index >= 15 is 0 Å². The first-order valence-electron chi connectivity index (χ1n) is 6.58. The van der Waals surface area contributed by atoms with Gasteiger partial charge < -0.3 is 0 Å². The lowest BCUT2D eigenvalue weighted by Crippen LogP contribution is -2.12. The minimum atomic E-state index is -0.430. The van der Waals surface area contributed by atoms with E-state index in [1.165, 1.54) is 15.9 Å². The Kier molecular flexibility index (Phi) is 5.12. The molecule has 0 atom stereocenters. The van der Waals surface area contributed by atoms with Crippen molar-refractivity contribution in [1.82, 2.24) is 0 Å². The van der Waals surface area contributed by atoms with Gasteiger partial charge in [-0.2, -0.15) is 0 Å². The van der Waals surface area contributed by atoms with Gasteiger partial charge in [-0.25, -0.2) is 0 Å². The minimum absolute atomic E-state index is 0.430. The Morgan fingerprint density at radius 2 is 1.42 bits per heavy atom. The standard InChI is InChI=1S/C18H19P/c1-3-11-16(4-2)19(17-12-7-5-8-13-17)18-14-9-6-10-15-18/h3,5-15H,1,4H2,2H3. The van der Waals surface area contributed by atoms with Crippen LogP contribution in [0.1, 0.15) is 13.3 Å². The lowest BCUT2D eigenvalue weighted by molar-refractivity contribution is 1.20. The summed E-state index contributed by atoms with van der Waals surface area (Å²) in [6.07, 6.45) is 5.13. The maximum absolute atomic E-state index is 3.85. The highest BCUT2D eigenvalue weighted by atomic mass is 31.1. The zero-order valence-corrected chi connectivity index (χ0v) is 12.2. The molecule has 0 amide bonds. The Bertz CT molecular complexity index is 501. The summed E-state index contributed by atoms with van der Waals surface area (Å²) in [5.41, 5.74) is 0. The van der Waals surface area contributed by atoms with E-state index in [0.29, 0.717) is 0 Å². The van der Waals surface area contributed by atoms with Gasteiger partial charge in [0.25, 0.3) is 0 Å². The molecule has 0 saturated heterocycles. The Labute approximate surface area is 117 Å². The van der Waals surface area contributed by atoms with E-state index in [2.05, 4.69) is 80.2 Å². The largest absolute Gasteiger partial charge is 0.0991 e. The molecule has 0 bridgehead atoms. The van der Waals surface area contributed by atoms with Gasteiger partial charge in [-0.15, -0.1) is 0 Å². The zero-order chi connectivity index (χ0) is 13.5. The van der Waals surface area contributed by atoms with Crippen LogP contribution in [0.15, 0.2) is 84.7 Å². The van der Waals surface area contributed by atoms with Gasteiger partial charge in [0.05, 0.1) is 0 Å². The smallest absolute Gasteiger partial charge is 0.0154 e. The molecule has 0 aliphatic carbocycles. The highest BCUT2D eigenvalue weighted by molar-refractivity contribution is 7.76. The monoisotopic (exact) mass is 266 g/mol. The Morgan fingerprint density at radius 3 is 1.79 bits per heavy atom. The third-order valence-corrected chi connectivity index (χ3v) is 5.66. The molecule has 2 aromatic carbocycles. The van der Waals surface area contributed by atoms with Crippen LogP contribution in [0.3, 0.4) is 0 Å². The molecule has 0 aliphatic heterocycles. The number of allylic oxidation sites excluding steroid dienone is 3. The molecule has 0 heterocycles. The molecule has 1 heteroatoms. The van der Waals surface area contributed by atoms with Crippen LogP contribution in [-0.2, 0) is 0 Å². The fraction of sp³-hybridized carbons (Fsp3) is 0.111. The van der Waals surface area contributed by atoms with Crippen molar-refractivity contribution < 1.29 is 0 Å². The first-order chi connectivity index (χ1) is 9.36. The molecule has 0 spiro atoms. The van der Waals surface area contributed by atoms with Crippen molar-refractivity contribution in [1.29, 1.82) is 0 Å². The summed E-state index contributed by atoms with van der Waals surface area (Å²) < 4.78 is 0. The second kappa shape index (κ2) is 7.07. The van der Waals surface area contributed by atoms with Crippen molar-refractivity contribution in [2.45, 2.75) is 13.3 Å². The van der Waals surface area contributed by atoms with Gasteiger partial charge >= 0.3 is 0 Å². The molecule has 96 valence electrons. The van der Waals surface area contributed by atoms with Crippen molar-refractivity contribution in [3.05, 3.63) is 84.7 Å². The quantitative estimate of drug-likeness (QED) is 0.548. The molecule has 0 nitrogen and oxygen atoms in total. The number of hydrogen-bond acceptors (Lipinski definition) is 0. The molecule has 0 saturated carbocycles. The van der Waals surface area contributed by atoms with Crippen LogP contribution in [-0.4, -0.2) is 0 Å². The molecule has 19 heavy (non-hydrogen) atoms. The van der Waals surface area contributed by atoms with E-state index in [0.717, 1.165) is 6.42 Å².